The second kappa shape index (κ2) is 7.13. The van der Waals surface area contributed by atoms with E-state index in [9.17, 15) is 5.11 Å². The zero-order chi connectivity index (χ0) is 13.6. The van der Waals surface area contributed by atoms with E-state index in [2.05, 4.69) is 18.2 Å². The third-order valence-corrected chi connectivity index (χ3v) is 3.55. The van der Waals surface area contributed by atoms with Gasteiger partial charge < -0.3 is 9.84 Å². The molecule has 18 heavy (non-hydrogen) atoms. The summed E-state index contributed by atoms with van der Waals surface area (Å²) >= 11 is 0. The van der Waals surface area contributed by atoms with Crippen LogP contribution in [0.4, 0.5) is 0 Å². The van der Waals surface area contributed by atoms with Crippen molar-refractivity contribution in [2.75, 3.05) is 13.2 Å². The van der Waals surface area contributed by atoms with Crippen LogP contribution < -0.4 is 5.32 Å². The fourth-order valence-electron chi connectivity index (χ4n) is 2.26. The highest BCUT2D eigenvalue weighted by molar-refractivity contribution is 5.07. The number of aliphatic hydroxyl groups is 1. The average Bonchev–Trinajstić information content (AvgIpc) is 2.34. The van der Waals surface area contributed by atoms with Gasteiger partial charge in [0.1, 0.15) is 0 Å². The molecular formula is C15H27NO2. The number of hydrogen-bond donors (Lipinski definition) is 2. The van der Waals surface area contributed by atoms with Crippen LogP contribution in [-0.4, -0.2) is 36.0 Å². The highest BCUT2D eigenvalue weighted by atomic mass is 16.5. The van der Waals surface area contributed by atoms with Crippen LogP contribution in [0.1, 0.15) is 46.5 Å². The predicted molar refractivity (Wildman–Crippen MR) is 74.3 cm³/mol. The summed E-state index contributed by atoms with van der Waals surface area (Å²) in [7, 11) is 0. The van der Waals surface area contributed by atoms with Gasteiger partial charge in [0.25, 0.3) is 0 Å². The normalized spacial score (nSPS) is 26.6. The molecule has 0 spiro atoms. The monoisotopic (exact) mass is 253 g/mol. The minimum absolute atomic E-state index is 0.323. The molecule has 0 amide bonds. The summed E-state index contributed by atoms with van der Waals surface area (Å²) < 4.78 is 5.77. The van der Waals surface area contributed by atoms with E-state index in [1.165, 1.54) is 12.8 Å². The Hall–Kier alpha value is -0.560. The Balaban J connectivity index is 2.17. The Morgan fingerprint density at radius 1 is 1.50 bits per heavy atom. The van der Waals surface area contributed by atoms with Crippen LogP contribution in [0.25, 0.3) is 0 Å². The summed E-state index contributed by atoms with van der Waals surface area (Å²) in [6, 6.07) is 0. The van der Waals surface area contributed by atoms with E-state index in [1.807, 2.05) is 13.8 Å². The molecular weight excluding hydrogens is 226 g/mol. The quantitative estimate of drug-likeness (QED) is 0.711. The third-order valence-electron chi connectivity index (χ3n) is 3.55. The lowest BCUT2D eigenvalue weighted by atomic mass is 9.89. The minimum Gasteiger partial charge on any atom is -0.389 e. The van der Waals surface area contributed by atoms with Crippen molar-refractivity contribution in [2.45, 2.75) is 64.2 Å². The molecule has 1 rings (SSSR count). The van der Waals surface area contributed by atoms with Crippen molar-refractivity contribution < 1.29 is 9.84 Å². The number of terminal acetylenes is 1. The summed E-state index contributed by atoms with van der Waals surface area (Å²) in [6.07, 6.45) is 10.00. The molecule has 1 saturated carbocycles. The van der Waals surface area contributed by atoms with E-state index < -0.39 is 6.10 Å². The van der Waals surface area contributed by atoms with Gasteiger partial charge in [-0.1, -0.05) is 25.7 Å². The second-order valence-corrected chi connectivity index (χ2v) is 6.03. The summed E-state index contributed by atoms with van der Waals surface area (Å²) in [5.41, 5.74) is -0.375. The molecule has 0 aromatic carbocycles. The molecule has 0 saturated heterocycles. The highest BCUT2D eigenvalue weighted by Crippen LogP contribution is 2.25. The van der Waals surface area contributed by atoms with Crippen molar-refractivity contribution in [3.63, 3.8) is 0 Å². The number of ether oxygens (including phenoxy) is 1. The second-order valence-electron chi connectivity index (χ2n) is 6.03. The fourth-order valence-corrected chi connectivity index (χ4v) is 2.26. The van der Waals surface area contributed by atoms with Gasteiger partial charge in [0, 0.05) is 6.54 Å². The molecule has 1 fully saturated rings. The molecule has 1 aliphatic rings. The first kappa shape index (κ1) is 15.5. The van der Waals surface area contributed by atoms with Gasteiger partial charge in [0.15, 0.2) is 0 Å². The van der Waals surface area contributed by atoms with Crippen LogP contribution in [-0.2, 0) is 4.74 Å². The van der Waals surface area contributed by atoms with Crippen molar-refractivity contribution in [1.82, 2.24) is 5.32 Å². The summed E-state index contributed by atoms with van der Waals surface area (Å²) in [6.45, 7) is 6.97. The van der Waals surface area contributed by atoms with E-state index in [1.54, 1.807) is 0 Å². The van der Waals surface area contributed by atoms with Gasteiger partial charge in [-0.25, -0.2) is 0 Å². The van der Waals surface area contributed by atoms with E-state index in [4.69, 9.17) is 11.2 Å². The fraction of sp³-hybridized carbons (Fsp3) is 0.867. The number of hydrogen-bond acceptors (Lipinski definition) is 3. The zero-order valence-electron chi connectivity index (χ0n) is 11.9. The van der Waals surface area contributed by atoms with Crippen molar-refractivity contribution in [3.8, 4) is 12.3 Å². The highest BCUT2D eigenvalue weighted by Gasteiger charge is 2.21. The Morgan fingerprint density at radius 3 is 2.83 bits per heavy atom. The molecule has 3 unspecified atom stereocenters. The Kier molecular flexibility index (Phi) is 6.14. The topological polar surface area (TPSA) is 41.5 Å². The number of β-amino-alcohol motifs (C(OH)–C–C–N with tert-alkyl or cyclic N) is 1. The van der Waals surface area contributed by atoms with Crippen LogP contribution in [0.3, 0.4) is 0 Å². The standard InChI is InChI=1S/C15H27NO2/c1-5-15(3,4)16-10-13(17)11-18-14-8-6-7-12(2)9-14/h1,12-14,16-17H,6-11H2,2-4H3. The Morgan fingerprint density at radius 2 is 2.22 bits per heavy atom. The molecule has 3 nitrogen and oxygen atoms in total. The number of rotatable bonds is 6. The summed E-state index contributed by atoms with van der Waals surface area (Å²) in [5.74, 6) is 3.39. The largest absolute Gasteiger partial charge is 0.389 e. The van der Waals surface area contributed by atoms with Gasteiger partial charge >= 0.3 is 0 Å². The lowest BCUT2D eigenvalue weighted by Gasteiger charge is -2.28. The first-order chi connectivity index (χ1) is 8.43. The van der Waals surface area contributed by atoms with Gasteiger partial charge in [-0.15, -0.1) is 6.42 Å². The van der Waals surface area contributed by atoms with Crippen molar-refractivity contribution in [1.29, 1.82) is 0 Å². The number of aliphatic hydroxyl groups excluding tert-OH is 1. The van der Waals surface area contributed by atoms with Gasteiger partial charge in [-0.05, 0) is 32.6 Å². The van der Waals surface area contributed by atoms with Crippen LogP contribution in [0.5, 0.6) is 0 Å². The van der Waals surface area contributed by atoms with Crippen LogP contribution in [0.2, 0.25) is 0 Å². The molecule has 0 aromatic heterocycles. The molecule has 0 radical (unpaired) electrons. The van der Waals surface area contributed by atoms with E-state index in [0.717, 1.165) is 18.8 Å². The molecule has 3 heteroatoms. The van der Waals surface area contributed by atoms with Crippen molar-refractivity contribution in [2.24, 2.45) is 5.92 Å². The Labute approximate surface area is 111 Å². The third kappa shape index (κ3) is 5.86. The molecule has 3 atom stereocenters. The summed E-state index contributed by atoms with van der Waals surface area (Å²) in [4.78, 5) is 0. The molecule has 0 bridgehead atoms. The SMILES string of the molecule is C#CC(C)(C)NCC(O)COC1CCCC(C)C1. The van der Waals surface area contributed by atoms with Gasteiger partial charge in [-0.2, -0.15) is 0 Å². The van der Waals surface area contributed by atoms with Crippen LogP contribution in [0, 0.1) is 18.3 Å². The maximum Gasteiger partial charge on any atom is 0.0898 e. The molecule has 0 aliphatic heterocycles. The maximum atomic E-state index is 9.85. The lowest BCUT2D eigenvalue weighted by molar-refractivity contribution is -0.0314. The minimum atomic E-state index is -0.491. The zero-order valence-corrected chi connectivity index (χ0v) is 11.9. The van der Waals surface area contributed by atoms with E-state index in [0.29, 0.717) is 19.3 Å². The van der Waals surface area contributed by atoms with Crippen molar-refractivity contribution >= 4 is 0 Å². The first-order valence-corrected chi connectivity index (χ1v) is 6.95. The van der Waals surface area contributed by atoms with Crippen LogP contribution >= 0.6 is 0 Å². The molecule has 0 heterocycles. The summed E-state index contributed by atoms with van der Waals surface area (Å²) in [5, 5.41) is 13.0. The average molecular weight is 253 g/mol. The smallest absolute Gasteiger partial charge is 0.0898 e. The van der Waals surface area contributed by atoms with Crippen molar-refractivity contribution in [3.05, 3.63) is 0 Å². The van der Waals surface area contributed by atoms with Gasteiger partial charge in [-0.3, -0.25) is 5.32 Å². The van der Waals surface area contributed by atoms with Gasteiger partial charge in [0.05, 0.1) is 24.4 Å². The van der Waals surface area contributed by atoms with Crippen LogP contribution in [0.15, 0.2) is 0 Å². The lowest BCUT2D eigenvalue weighted by Crippen LogP contribution is -2.43. The van der Waals surface area contributed by atoms with E-state index in [-0.39, 0.29) is 5.54 Å². The molecule has 2 N–H and O–H groups in total. The maximum absolute atomic E-state index is 9.85. The predicted octanol–water partition coefficient (Wildman–Crippen LogP) is 1.94. The first-order valence-electron chi connectivity index (χ1n) is 6.95. The number of nitrogens with one attached hydrogen (secondary N) is 1. The molecule has 1 aliphatic carbocycles. The van der Waals surface area contributed by atoms with Gasteiger partial charge in [0.2, 0.25) is 0 Å². The van der Waals surface area contributed by atoms with E-state index >= 15 is 0 Å². The Bertz CT molecular complexity index is 283. The molecule has 0 aromatic rings. The molecule has 104 valence electrons.